The monoisotopic (exact) mass is 435 g/mol. The van der Waals surface area contributed by atoms with Crippen LogP contribution in [0.1, 0.15) is 59.4 Å². The number of hydrogen-bond acceptors (Lipinski definition) is 4. The maximum atomic E-state index is 13.2. The number of carbonyl (C=O) groups excluding carboxylic acids is 3. The summed E-state index contributed by atoms with van der Waals surface area (Å²) in [6.45, 7) is 1.66. The second kappa shape index (κ2) is 7.32. The zero-order chi connectivity index (χ0) is 21.9. The quantitative estimate of drug-likeness (QED) is 0.766. The SMILES string of the molecule is O=C1CN(C(=O)c2cc3c(C(=O)NCC45CC6CC(CC(C6)C4)C5)cccn3n2)CCN1. The van der Waals surface area contributed by atoms with Gasteiger partial charge in [0.1, 0.15) is 0 Å². The minimum atomic E-state index is -0.288. The summed E-state index contributed by atoms with van der Waals surface area (Å²) in [6.07, 6.45) is 9.65. The summed E-state index contributed by atoms with van der Waals surface area (Å²) in [5, 5.41) is 10.3. The number of rotatable bonds is 4. The molecule has 2 N–H and O–H groups in total. The van der Waals surface area contributed by atoms with Gasteiger partial charge < -0.3 is 15.5 Å². The van der Waals surface area contributed by atoms with Gasteiger partial charge in [0, 0.05) is 25.8 Å². The molecule has 4 bridgehead atoms. The lowest BCUT2D eigenvalue weighted by Gasteiger charge is -2.56. The van der Waals surface area contributed by atoms with Crippen LogP contribution in [0.15, 0.2) is 24.4 Å². The molecule has 32 heavy (non-hydrogen) atoms. The van der Waals surface area contributed by atoms with E-state index in [9.17, 15) is 14.4 Å². The largest absolute Gasteiger partial charge is 0.353 e. The van der Waals surface area contributed by atoms with Crippen LogP contribution < -0.4 is 10.6 Å². The molecule has 0 aromatic carbocycles. The van der Waals surface area contributed by atoms with Crippen LogP contribution in [0.4, 0.5) is 0 Å². The highest BCUT2D eigenvalue weighted by atomic mass is 16.2. The molecule has 2 aromatic rings. The average molecular weight is 436 g/mol. The van der Waals surface area contributed by atoms with Crippen molar-refractivity contribution in [3.63, 3.8) is 0 Å². The Morgan fingerprint density at radius 3 is 2.56 bits per heavy atom. The summed E-state index contributed by atoms with van der Waals surface area (Å²) in [5.74, 6) is 1.98. The van der Waals surface area contributed by atoms with Crippen molar-refractivity contribution in [2.45, 2.75) is 38.5 Å². The topological polar surface area (TPSA) is 95.8 Å². The smallest absolute Gasteiger partial charge is 0.274 e. The molecule has 0 unspecified atom stereocenters. The number of amides is 3. The van der Waals surface area contributed by atoms with Crippen molar-refractivity contribution in [3.8, 4) is 0 Å². The van der Waals surface area contributed by atoms with Gasteiger partial charge in [-0.2, -0.15) is 5.10 Å². The first-order chi connectivity index (χ1) is 15.5. The fraction of sp³-hybridized carbons (Fsp3) is 0.583. The van der Waals surface area contributed by atoms with Crippen molar-refractivity contribution < 1.29 is 14.4 Å². The highest BCUT2D eigenvalue weighted by Crippen LogP contribution is 2.59. The van der Waals surface area contributed by atoms with Crippen molar-refractivity contribution in [2.75, 3.05) is 26.2 Å². The Labute approximate surface area is 186 Å². The van der Waals surface area contributed by atoms with Crippen molar-refractivity contribution in [2.24, 2.45) is 23.2 Å². The van der Waals surface area contributed by atoms with E-state index in [1.807, 2.05) is 0 Å². The molecule has 4 aliphatic carbocycles. The number of nitrogens with zero attached hydrogens (tertiary/aromatic N) is 3. The Balaban J connectivity index is 1.20. The molecule has 4 saturated carbocycles. The van der Waals surface area contributed by atoms with Gasteiger partial charge >= 0.3 is 0 Å². The maximum Gasteiger partial charge on any atom is 0.274 e. The van der Waals surface area contributed by atoms with Crippen LogP contribution in [0.2, 0.25) is 0 Å². The van der Waals surface area contributed by atoms with E-state index >= 15 is 0 Å². The molecule has 168 valence electrons. The summed E-state index contributed by atoms with van der Waals surface area (Å²) in [7, 11) is 0. The summed E-state index contributed by atoms with van der Waals surface area (Å²) in [6, 6.07) is 5.23. The van der Waals surface area contributed by atoms with E-state index in [1.54, 1.807) is 28.9 Å². The maximum absolute atomic E-state index is 13.2. The van der Waals surface area contributed by atoms with E-state index in [0.29, 0.717) is 24.2 Å². The molecule has 3 heterocycles. The highest BCUT2D eigenvalue weighted by Gasteiger charge is 2.50. The summed E-state index contributed by atoms with van der Waals surface area (Å²) in [5.41, 5.74) is 1.66. The first-order valence-electron chi connectivity index (χ1n) is 11.8. The summed E-state index contributed by atoms with van der Waals surface area (Å²) < 4.78 is 1.58. The molecule has 5 fully saturated rings. The molecule has 7 rings (SSSR count). The number of carbonyl (C=O) groups is 3. The first kappa shape index (κ1) is 19.8. The van der Waals surface area contributed by atoms with Gasteiger partial charge in [-0.05, 0) is 79.9 Å². The first-order valence-corrected chi connectivity index (χ1v) is 11.8. The fourth-order valence-corrected chi connectivity index (χ4v) is 7.16. The van der Waals surface area contributed by atoms with Gasteiger partial charge in [0.25, 0.3) is 11.8 Å². The van der Waals surface area contributed by atoms with Crippen molar-refractivity contribution >= 4 is 23.2 Å². The second-order valence-corrected chi connectivity index (χ2v) is 10.5. The van der Waals surface area contributed by atoms with E-state index in [1.165, 1.54) is 43.4 Å². The third-order valence-electron chi connectivity index (χ3n) is 8.08. The van der Waals surface area contributed by atoms with Gasteiger partial charge in [-0.25, -0.2) is 4.52 Å². The van der Waals surface area contributed by atoms with E-state index < -0.39 is 0 Å². The lowest BCUT2D eigenvalue weighted by Crippen LogP contribution is -2.51. The number of hydrogen-bond donors (Lipinski definition) is 2. The summed E-state index contributed by atoms with van der Waals surface area (Å²) in [4.78, 5) is 39.2. The molecule has 0 atom stereocenters. The zero-order valence-electron chi connectivity index (χ0n) is 18.2. The zero-order valence-corrected chi connectivity index (χ0v) is 18.2. The molecule has 3 amide bonds. The van der Waals surface area contributed by atoms with Crippen LogP contribution in [0.25, 0.3) is 5.52 Å². The number of aromatic nitrogens is 2. The summed E-state index contributed by atoms with van der Waals surface area (Å²) >= 11 is 0. The molecule has 0 spiro atoms. The minimum Gasteiger partial charge on any atom is -0.353 e. The van der Waals surface area contributed by atoms with Crippen LogP contribution in [-0.2, 0) is 4.79 Å². The normalized spacial score (nSPS) is 31.1. The van der Waals surface area contributed by atoms with E-state index in [0.717, 1.165) is 24.3 Å². The van der Waals surface area contributed by atoms with Gasteiger partial charge in [0.15, 0.2) is 5.69 Å². The van der Waals surface area contributed by atoms with Crippen molar-refractivity contribution in [1.82, 2.24) is 25.1 Å². The standard InChI is InChI=1S/C24H29N5O3/c30-21-13-28(5-3-25-21)23(32)19-9-20-18(2-1-4-29(20)27-19)22(31)26-14-24-10-15-6-16(11-24)8-17(7-15)12-24/h1-2,4,9,15-17H,3,5-8,10-14H2,(H,25,30)(H,26,31). The van der Waals surface area contributed by atoms with Gasteiger partial charge in [0.05, 0.1) is 17.6 Å². The van der Waals surface area contributed by atoms with E-state index in [2.05, 4.69) is 15.7 Å². The molecule has 8 heteroatoms. The molecule has 8 nitrogen and oxygen atoms in total. The lowest BCUT2D eigenvalue weighted by atomic mass is 9.49. The molecule has 0 radical (unpaired) electrons. The number of nitrogens with one attached hydrogen (secondary N) is 2. The van der Waals surface area contributed by atoms with E-state index in [4.69, 9.17) is 0 Å². The van der Waals surface area contributed by atoms with Crippen LogP contribution >= 0.6 is 0 Å². The molecular weight excluding hydrogens is 406 g/mol. The lowest BCUT2D eigenvalue weighted by molar-refractivity contribution is -0.123. The van der Waals surface area contributed by atoms with Crippen LogP contribution in [0.3, 0.4) is 0 Å². The van der Waals surface area contributed by atoms with Crippen molar-refractivity contribution in [1.29, 1.82) is 0 Å². The van der Waals surface area contributed by atoms with Crippen LogP contribution in [-0.4, -0.2) is 58.4 Å². The van der Waals surface area contributed by atoms with Crippen LogP contribution in [0.5, 0.6) is 0 Å². The predicted molar refractivity (Wildman–Crippen MR) is 117 cm³/mol. The van der Waals surface area contributed by atoms with Gasteiger partial charge in [-0.1, -0.05) is 0 Å². The molecule has 1 aliphatic heterocycles. The van der Waals surface area contributed by atoms with Crippen molar-refractivity contribution in [3.05, 3.63) is 35.7 Å². The minimum absolute atomic E-state index is 0.0329. The average Bonchev–Trinajstić information content (AvgIpc) is 3.20. The van der Waals surface area contributed by atoms with Gasteiger partial charge in [-0.15, -0.1) is 0 Å². The predicted octanol–water partition coefficient (Wildman–Crippen LogP) is 1.85. The fourth-order valence-electron chi connectivity index (χ4n) is 7.16. The highest BCUT2D eigenvalue weighted by molar-refractivity contribution is 6.03. The Morgan fingerprint density at radius 1 is 1.16 bits per heavy atom. The molecule has 1 saturated heterocycles. The van der Waals surface area contributed by atoms with E-state index in [-0.39, 0.29) is 35.4 Å². The Hall–Kier alpha value is -2.90. The number of pyridine rings is 1. The van der Waals surface area contributed by atoms with Gasteiger partial charge in [-0.3, -0.25) is 14.4 Å². The van der Waals surface area contributed by atoms with Gasteiger partial charge in [0.2, 0.25) is 5.91 Å². The second-order valence-electron chi connectivity index (χ2n) is 10.5. The Bertz CT molecular complexity index is 1070. The third-order valence-corrected chi connectivity index (χ3v) is 8.08. The Morgan fingerprint density at radius 2 is 1.88 bits per heavy atom. The Kier molecular flexibility index (Phi) is 4.52. The number of fused-ring (bicyclic) bond motifs is 1. The number of piperazine rings is 1. The molecule has 5 aliphatic rings. The van der Waals surface area contributed by atoms with Crippen LogP contribution in [0, 0.1) is 23.2 Å². The third kappa shape index (κ3) is 3.36. The molecular formula is C24H29N5O3. The molecule has 2 aromatic heterocycles.